The number of aromatic nitrogens is 4. The van der Waals surface area contributed by atoms with Gasteiger partial charge >= 0.3 is 5.97 Å². The third-order valence-corrected chi connectivity index (χ3v) is 6.34. The number of hydrogen-bond donors (Lipinski definition) is 1. The Morgan fingerprint density at radius 3 is 2.81 bits per heavy atom. The van der Waals surface area contributed by atoms with Crippen molar-refractivity contribution in [2.75, 3.05) is 17.7 Å². The summed E-state index contributed by atoms with van der Waals surface area (Å²) in [4.78, 5) is 28.7. The van der Waals surface area contributed by atoms with Crippen molar-refractivity contribution in [3.63, 3.8) is 0 Å². The second kappa shape index (κ2) is 10.6. The lowest BCUT2D eigenvalue weighted by Crippen LogP contribution is -2.14. The second-order valence-corrected chi connectivity index (χ2v) is 8.52. The molecule has 1 aromatic carbocycles. The Balaban J connectivity index is 1.53. The smallest absolute Gasteiger partial charge is 0.350 e. The first-order chi connectivity index (χ1) is 14.9. The van der Waals surface area contributed by atoms with E-state index in [2.05, 4.69) is 20.5 Å². The zero-order chi connectivity index (χ0) is 22.4. The zero-order valence-corrected chi connectivity index (χ0v) is 19.4. The van der Waals surface area contributed by atoms with Crippen molar-refractivity contribution in [1.82, 2.24) is 19.7 Å². The Bertz CT molecular complexity index is 1090. The molecule has 0 atom stereocenters. The van der Waals surface area contributed by atoms with Crippen LogP contribution < -0.4 is 10.1 Å². The number of hydrogen-bond acceptors (Lipinski definition) is 9. The summed E-state index contributed by atoms with van der Waals surface area (Å²) in [5.74, 6) is 0.535. The molecule has 1 N–H and O–H groups in total. The van der Waals surface area contributed by atoms with Gasteiger partial charge < -0.3 is 19.4 Å². The maximum absolute atomic E-state index is 12.3. The number of anilines is 1. The average Bonchev–Trinajstić information content (AvgIpc) is 3.28. The number of para-hydroxylation sites is 1. The summed E-state index contributed by atoms with van der Waals surface area (Å²) in [5.41, 5.74) is 0.517. The summed E-state index contributed by atoms with van der Waals surface area (Å²) in [7, 11) is 1.79. The van der Waals surface area contributed by atoms with Gasteiger partial charge in [-0.3, -0.25) is 4.79 Å². The number of nitrogens with zero attached hydrogens (tertiary/aromatic N) is 4. The fourth-order valence-corrected chi connectivity index (χ4v) is 4.22. The number of ether oxygens (including phenoxy) is 2. The van der Waals surface area contributed by atoms with Gasteiger partial charge in [-0.05, 0) is 26.0 Å². The molecule has 0 aliphatic carbocycles. The Kier molecular flexibility index (Phi) is 7.88. The highest BCUT2D eigenvalue weighted by atomic mass is 35.5. The first-order valence-electron chi connectivity index (χ1n) is 9.21. The van der Waals surface area contributed by atoms with Crippen molar-refractivity contribution in [1.29, 1.82) is 0 Å². The van der Waals surface area contributed by atoms with E-state index in [4.69, 9.17) is 21.1 Å². The van der Waals surface area contributed by atoms with Crippen molar-refractivity contribution in [2.45, 2.75) is 25.6 Å². The summed E-state index contributed by atoms with van der Waals surface area (Å²) in [5, 5.41) is 12.3. The molecule has 164 valence electrons. The van der Waals surface area contributed by atoms with E-state index in [1.165, 1.54) is 11.8 Å². The highest BCUT2D eigenvalue weighted by Gasteiger charge is 2.18. The molecule has 31 heavy (non-hydrogen) atoms. The molecule has 0 radical (unpaired) electrons. The standard InChI is InChI=1S/C19H20ClN5O4S2/c1-4-28-17(27)16-11(2)21-18(31-16)22-15(26)10-30-19-24-23-14(25(19)3)9-29-13-8-6-5-7-12(13)20/h5-8H,4,9-10H2,1-3H3,(H,21,22,26). The lowest BCUT2D eigenvalue weighted by Gasteiger charge is -2.07. The van der Waals surface area contributed by atoms with Gasteiger partial charge in [-0.1, -0.05) is 46.8 Å². The lowest BCUT2D eigenvalue weighted by atomic mass is 10.3. The Morgan fingerprint density at radius 1 is 1.29 bits per heavy atom. The first-order valence-corrected chi connectivity index (χ1v) is 11.4. The van der Waals surface area contributed by atoms with E-state index in [1.807, 2.05) is 12.1 Å². The van der Waals surface area contributed by atoms with Gasteiger partial charge in [0.25, 0.3) is 0 Å². The average molecular weight is 482 g/mol. The molecule has 0 aliphatic heterocycles. The van der Waals surface area contributed by atoms with E-state index in [9.17, 15) is 9.59 Å². The molecule has 1 amide bonds. The molecule has 0 fully saturated rings. The maximum atomic E-state index is 12.3. The van der Waals surface area contributed by atoms with Crippen LogP contribution in [0.1, 0.15) is 28.1 Å². The van der Waals surface area contributed by atoms with Crippen LogP contribution in [0.25, 0.3) is 0 Å². The molecular formula is C19H20ClN5O4S2. The van der Waals surface area contributed by atoms with Crippen molar-refractivity contribution < 1.29 is 19.1 Å². The number of thioether (sulfide) groups is 1. The molecule has 3 aromatic rings. The number of esters is 1. The quantitative estimate of drug-likeness (QED) is 0.364. The minimum absolute atomic E-state index is 0.102. The number of halogens is 1. The SMILES string of the molecule is CCOC(=O)c1sc(NC(=O)CSc2nnc(COc3ccccc3Cl)n2C)nc1C. The van der Waals surface area contributed by atoms with Crippen molar-refractivity contribution in [3.05, 3.63) is 45.7 Å². The minimum Gasteiger partial charge on any atom is -0.484 e. The zero-order valence-electron chi connectivity index (χ0n) is 17.0. The van der Waals surface area contributed by atoms with E-state index in [1.54, 1.807) is 37.6 Å². The summed E-state index contributed by atoms with van der Waals surface area (Å²) in [6.45, 7) is 3.89. The lowest BCUT2D eigenvalue weighted by molar-refractivity contribution is -0.113. The molecule has 2 heterocycles. The van der Waals surface area contributed by atoms with Crippen LogP contribution in [0.2, 0.25) is 5.02 Å². The molecule has 0 spiro atoms. The topological polar surface area (TPSA) is 108 Å². The Hall–Kier alpha value is -2.63. The number of amides is 1. The highest BCUT2D eigenvalue weighted by Crippen LogP contribution is 2.25. The number of benzene rings is 1. The fourth-order valence-electron chi connectivity index (χ4n) is 2.42. The number of carbonyl (C=O) groups is 2. The van der Waals surface area contributed by atoms with Crippen LogP contribution in [0.5, 0.6) is 5.75 Å². The van der Waals surface area contributed by atoms with Crippen LogP contribution in [-0.2, 0) is 23.2 Å². The monoisotopic (exact) mass is 481 g/mol. The first kappa shape index (κ1) is 23.0. The van der Waals surface area contributed by atoms with Gasteiger partial charge in [0.2, 0.25) is 5.91 Å². The molecule has 12 heteroatoms. The van der Waals surface area contributed by atoms with Gasteiger partial charge in [0.15, 0.2) is 16.1 Å². The predicted octanol–water partition coefficient (Wildman–Crippen LogP) is 3.72. The van der Waals surface area contributed by atoms with E-state index < -0.39 is 5.97 Å². The molecule has 0 aliphatic rings. The van der Waals surface area contributed by atoms with Crippen LogP contribution in [0.15, 0.2) is 29.4 Å². The number of thiazole rings is 1. The largest absolute Gasteiger partial charge is 0.484 e. The number of aryl methyl sites for hydroxylation is 1. The number of carbonyl (C=O) groups excluding carboxylic acids is 2. The van der Waals surface area contributed by atoms with Crippen LogP contribution >= 0.6 is 34.7 Å². The molecule has 2 aromatic heterocycles. The Morgan fingerprint density at radius 2 is 2.06 bits per heavy atom. The normalized spacial score (nSPS) is 10.7. The van der Waals surface area contributed by atoms with Gasteiger partial charge in [0, 0.05) is 7.05 Å². The van der Waals surface area contributed by atoms with E-state index in [0.29, 0.717) is 37.5 Å². The highest BCUT2D eigenvalue weighted by molar-refractivity contribution is 7.99. The van der Waals surface area contributed by atoms with Gasteiger partial charge in [-0.15, -0.1) is 10.2 Å². The fraction of sp³-hybridized carbons (Fsp3) is 0.316. The van der Waals surface area contributed by atoms with E-state index in [-0.39, 0.29) is 24.9 Å². The van der Waals surface area contributed by atoms with Crippen molar-refractivity contribution in [3.8, 4) is 5.75 Å². The predicted molar refractivity (Wildman–Crippen MR) is 119 cm³/mol. The molecule has 0 saturated heterocycles. The molecule has 9 nitrogen and oxygen atoms in total. The van der Waals surface area contributed by atoms with Crippen LogP contribution in [-0.4, -0.2) is 44.0 Å². The number of nitrogens with one attached hydrogen (secondary N) is 1. The van der Waals surface area contributed by atoms with Crippen LogP contribution in [0, 0.1) is 6.92 Å². The van der Waals surface area contributed by atoms with E-state index in [0.717, 1.165) is 11.3 Å². The van der Waals surface area contributed by atoms with Gasteiger partial charge in [0.05, 0.1) is 23.1 Å². The van der Waals surface area contributed by atoms with Crippen molar-refractivity contribution in [2.24, 2.45) is 7.05 Å². The second-order valence-electron chi connectivity index (χ2n) is 6.17. The van der Waals surface area contributed by atoms with Gasteiger partial charge in [-0.25, -0.2) is 9.78 Å². The minimum atomic E-state index is -0.446. The molecule has 3 rings (SSSR count). The van der Waals surface area contributed by atoms with E-state index >= 15 is 0 Å². The summed E-state index contributed by atoms with van der Waals surface area (Å²) in [6.07, 6.45) is 0. The molecule has 0 saturated carbocycles. The molecule has 0 unspecified atom stereocenters. The number of rotatable bonds is 9. The van der Waals surface area contributed by atoms with Gasteiger partial charge in [0.1, 0.15) is 17.2 Å². The van der Waals surface area contributed by atoms with Crippen LogP contribution in [0.4, 0.5) is 5.13 Å². The molecular weight excluding hydrogens is 462 g/mol. The third kappa shape index (κ3) is 5.96. The summed E-state index contributed by atoms with van der Waals surface area (Å²) >= 11 is 8.39. The maximum Gasteiger partial charge on any atom is 0.350 e. The van der Waals surface area contributed by atoms with Crippen molar-refractivity contribution >= 4 is 51.7 Å². The van der Waals surface area contributed by atoms with Crippen LogP contribution in [0.3, 0.4) is 0 Å². The summed E-state index contributed by atoms with van der Waals surface area (Å²) < 4.78 is 12.4. The molecule has 0 bridgehead atoms. The summed E-state index contributed by atoms with van der Waals surface area (Å²) in [6, 6.07) is 7.17. The van der Waals surface area contributed by atoms with Gasteiger partial charge in [-0.2, -0.15) is 0 Å². The third-order valence-electron chi connectivity index (χ3n) is 3.95. The Labute approximate surface area is 192 Å².